The van der Waals surface area contributed by atoms with Crippen molar-refractivity contribution < 1.29 is 18.3 Å². The van der Waals surface area contributed by atoms with Gasteiger partial charge in [-0.25, -0.2) is 5.14 Å². The van der Waals surface area contributed by atoms with Crippen LogP contribution in [0.5, 0.6) is 0 Å². The minimum absolute atomic E-state index is 0.00495. The lowest BCUT2D eigenvalue weighted by Crippen LogP contribution is -2.51. The van der Waals surface area contributed by atoms with Crippen LogP contribution in [0.15, 0.2) is 0 Å². The summed E-state index contributed by atoms with van der Waals surface area (Å²) in [7, 11) is -3.78. The predicted octanol–water partition coefficient (Wildman–Crippen LogP) is 0.157. The molecule has 16 heavy (non-hydrogen) atoms. The molecule has 7 heteroatoms. The smallest absolute Gasteiger partial charge is 0.310 e. The van der Waals surface area contributed by atoms with Crippen molar-refractivity contribution in [2.24, 2.45) is 10.6 Å². The maximum Gasteiger partial charge on any atom is 0.310 e. The van der Waals surface area contributed by atoms with Crippen molar-refractivity contribution in [2.75, 3.05) is 13.1 Å². The summed E-state index contributed by atoms with van der Waals surface area (Å²) in [6.45, 7) is 2.20. The van der Waals surface area contributed by atoms with Gasteiger partial charge in [0.2, 0.25) is 0 Å². The number of nitrogens with two attached hydrogens (primary N) is 1. The maximum absolute atomic E-state index is 11.3. The standard InChI is InChI=1S/C9H18N2O4S/c1-2-4-9(8(12)13)5-3-6-11(7-9)16(10,14)15/h2-7H2,1H3,(H,12,13)(H2,10,14,15). The number of rotatable bonds is 4. The zero-order valence-electron chi connectivity index (χ0n) is 9.35. The molecular weight excluding hydrogens is 232 g/mol. The minimum Gasteiger partial charge on any atom is -0.481 e. The molecular formula is C9H18N2O4S. The van der Waals surface area contributed by atoms with Crippen LogP contribution in [-0.2, 0) is 15.0 Å². The molecule has 1 aliphatic heterocycles. The zero-order chi connectivity index (χ0) is 12.4. The predicted molar refractivity (Wildman–Crippen MR) is 58.9 cm³/mol. The molecule has 3 N–H and O–H groups in total. The second kappa shape index (κ2) is 4.68. The van der Waals surface area contributed by atoms with Crippen molar-refractivity contribution in [3.8, 4) is 0 Å². The van der Waals surface area contributed by atoms with Crippen LogP contribution in [-0.4, -0.2) is 36.9 Å². The number of piperidine rings is 1. The first kappa shape index (κ1) is 13.4. The Bertz CT molecular complexity index is 364. The number of carboxylic acids is 1. The molecule has 0 radical (unpaired) electrons. The van der Waals surface area contributed by atoms with Gasteiger partial charge in [0, 0.05) is 13.1 Å². The Labute approximate surface area is 95.6 Å². The molecule has 0 aromatic heterocycles. The molecule has 94 valence electrons. The highest BCUT2D eigenvalue weighted by molar-refractivity contribution is 7.86. The van der Waals surface area contributed by atoms with Gasteiger partial charge in [0.25, 0.3) is 10.2 Å². The quantitative estimate of drug-likeness (QED) is 0.742. The molecule has 0 aliphatic carbocycles. The highest BCUT2D eigenvalue weighted by Crippen LogP contribution is 2.35. The highest BCUT2D eigenvalue weighted by Gasteiger charge is 2.43. The van der Waals surface area contributed by atoms with Gasteiger partial charge in [0.05, 0.1) is 5.41 Å². The van der Waals surface area contributed by atoms with E-state index in [1.807, 2.05) is 6.92 Å². The monoisotopic (exact) mass is 250 g/mol. The Morgan fingerprint density at radius 3 is 2.62 bits per heavy atom. The Hall–Kier alpha value is -0.660. The molecule has 0 aromatic rings. The fraction of sp³-hybridized carbons (Fsp3) is 0.889. The van der Waals surface area contributed by atoms with Crippen molar-refractivity contribution in [2.45, 2.75) is 32.6 Å². The first-order valence-corrected chi connectivity index (χ1v) is 6.83. The van der Waals surface area contributed by atoms with Crippen molar-refractivity contribution in [1.29, 1.82) is 0 Å². The third kappa shape index (κ3) is 2.72. The normalized spacial score (nSPS) is 27.9. The maximum atomic E-state index is 11.3. The average Bonchev–Trinajstić information content (AvgIpc) is 2.17. The van der Waals surface area contributed by atoms with E-state index >= 15 is 0 Å². The Morgan fingerprint density at radius 2 is 2.19 bits per heavy atom. The van der Waals surface area contributed by atoms with Gasteiger partial charge >= 0.3 is 5.97 Å². The zero-order valence-corrected chi connectivity index (χ0v) is 10.2. The van der Waals surface area contributed by atoms with Crippen molar-refractivity contribution in [1.82, 2.24) is 4.31 Å². The van der Waals surface area contributed by atoms with Gasteiger partial charge in [-0.15, -0.1) is 0 Å². The van der Waals surface area contributed by atoms with Gasteiger partial charge in [-0.2, -0.15) is 12.7 Å². The summed E-state index contributed by atoms with van der Waals surface area (Å²) < 4.78 is 23.5. The molecule has 0 amide bonds. The van der Waals surface area contributed by atoms with Gasteiger partial charge in [-0.1, -0.05) is 13.3 Å². The van der Waals surface area contributed by atoms with Gasteiger partial charge in [-0.05, 0) is 19.3 Å². The van der Waals surface area contributed by atoms with Crippen LogP contribution in [0.3, 0.4) is 0 Å². The number of nitrogens with zero attached hydrogens (tertiary/aromatic N) is 1. The molecule has 1 rings (SSSR count). The van der Waals surface area contributed by atoms with Crippen LogP contribution < -0.4 is 5.14 Å². The van der Waals surface area contributed by atoms with Crippen LogP contribution in [0.25, 0.3) is 0 Å². The first-order chi connectivity index (χ1) is 7.32. The summed E-state index contributed by atoms with van der Waals surface area (Å²) in [6.07, 6.45) is 2.25. The van der Waals surface area contributed by atoms with E-state index < -0.39 is 21.6 Å². The van der Waals surface area contributed by atoms with Gasteiger partial charge in [0.15, 0.2) is 0 Å². The van der Waals surface area contributed by atoms with E-state index in [-0.39, 0.29) is 6.54 Å². The van der Waals surface area contributed by atoms with Crippen molar-refractivity contribution >= 4 is 16.2 Å². The number of carbonyl (C=O) groups is 1. The molecule has 0 bridgehead atoms. The van der Waals surface area contributed by atoms with Gasteiger partial charge in [0.1, 0.15) is 0 Å². The Balaban J connectivity index is 2.92. The summed E-state index contributed by atoms with van der Waals surface area (Å²) in [4.78, 5) is 11.3. The molecule has 6 nitrogen and oxygen atoms in total. The third-order valence-corrected chi connectivity index (χ3v) is 4.12. The van der Waals surface area contributed by atoms with Crippen molar-refractivity contribution in [3.05, 3.63) is 0 Å². The third-order valence-electron chi connectivity index (χ3n) is 3.08. The molecule has 1 unspecified atom stereocenters. The van der Waals surface area contributed by atoms with Gasteiger partial charge < -0.3 is 5.11 Å². The molecule has 1 fully saturated rings. The van der Waals surface area contributed by atoms with E-state index in [9.17, 15) is 18.3 Å². The second-order valence-corrected chi connectivity index (χ2v) is 5.86. The number of hydrogen-bond acceptors (Lipinski definition) is 3. The number of carboxylic acid groups (broad SMARTS) is 1. The summed E-state index contributed by atoms with van der Waals surface area (Å²) in [5.41, 5.74) is -0.959. The molecule has 1 heterocycles. The van der Waals surface area contributed by atoms with Crippen LogP contribution in [0.2, 0.25) is 0 Å². The number of aliphatic carboxylic acids is 1. The second-order valence-electron chi connectivity index (χ2n) is 4.32. The summed E-state index contributed by atoms with van der Waals surface area (Å²) in [5.74, 6) is -0.928. The van der Waals surface area contributed by atoms with E-state index in [0.717, 1.165) is 4.31 Å². The Kier molecular flexibility index (Phi) is 3.92. The molecule has 0 spiro atoms. The molecule has 1 saturated heterocycles. The van der Waals surface area contributed by atoms with E-state index in [0.29, 0.717) is 32.2 Å². The largest absolute Gasteiger partial charge is 0.481 e. The Morgan fingerprint density at radius 1 is 1.56 bits per heavy atom. The van der Waals surface area contributed by atoms with E-state index in [1.165, 1.54) is 0 Å². The van der Waals surface area contributed by atoms with E-state index in [4.69, 9.17) is 5.14 Å². The van der Waals surface area contributed by atoms with Crippen LogP contribution in [0.4, 0.5) is 0 Å². The number of hydrogen-bond donors (Lipinski definition) is 2. The summed E-state index contributed by atoms with van der Waals surface area (Å²) in [6, 6.07) is 0. The first-order valence-electron chi connectivity index (χ1n) is 5.33. The highest BCUT2D eigenvalue weighted by atomic mass is 32.2. The fourth-order valence-corrected chi connectivity index (χ4v) is 3.08. The van der Waals surface area contributed by atoms with E-state index in [1.54, 1.807) is 0 Å². The lowest BCUT2D eigenvalue weighted by molar-refractivity contribution is -0.151. The summed E-state index contributed by atoms with van der Waals surface area (Å²) >= 11 is 0. The van der Waals surface area contributed by atoms with Crippen LogP contribution >= 0.6 is 0 Å². The SMILES string of the molecule is CCCC1(C(=O)O)CCCN(S(N)(=O)=O)C1. The topological polar surface area (TPSA) is 101 Å². The van der Waals surface area contributed by atoms with Crippen LogP contribution in [0, 0.1) is 5.41 Å². The lowest BCUT2D eigenvalue weighted by Gasteiger charge is -2.38. The lowest BCUT2D eigenvalue weighted by atomic mass is 9.77. The van der Waals surface area contributed by atoms with Crippen molar-refractivity contribution in [3.63, 3.8) is 0 Å². The molecule has 0 saturated carbocycles. The van der Waals surface area contributed by atoms with Crippen LogP contribution in [0.1, 0.15) is 32.6 Å². The fourth-order valence-electron chi connectivity index (χ4n) is 2.27. The molecule has 1 atom stereocenters. The van der Waals surface area contributed by atoms with E-state index in [2.05, 4.69) is 0 Å². The minimum atomic E-state index is -3.78. The molecule has 0 aromatic carbocycles. The summed E-state index contributed by atoms with van der Waals surface area (Å²) in [5, 5.41) is 14.3. The average molecular weight is 250 g/mol. The van der Waals surface area contributed by atoms with Gasteiger partial charge in [-0.3, -0.25) is 4.79 Å². The molecule has 1 aliphatic rings.